The molecule has 1 heterocycles. The number of aldehydes is 1. The van der Waals surface area contributed by atoms with Crippen LogP contribution >= 0.6 is 0 Å². The van der Waals surface area contributed by atoms with Crippen molar-refractivity contribution in [3.05, 3.63) is 106 Å². The number of benzene rings is 1. The number of carbonyl (C=O) groups excluding carboxylic acids is 1. The van der Waals surface area contributed by atoms with Gasteiger partial charge >= 0.3 is 0 Å². The Hall–Kier alpha value is -2.95. The maximum absolute atomic E-state index is 12.8. The van der Waals surface area contributed by atoms with Gasteiger partial charge in [-0.2, -0.15) is 0 Å². The Kier molecular flexibility index (Phi) is 15.7. The van der Waals surface area contributed by atoms with Crippen molar-refractivity contribution in [2.24, 2.45) is 40.9 Å². The SMILES string of the molecule is C=C(/C=C/C=C(/CO)[C@@H]1CC[C@]2([C@@H]1O)[C@@H]1C(=C(C)C=O)[C@@H](C=C[C@H]1CCO)C[C@]2(O)CCNC)[C@@H]1C/C=C(\C)CN[C@@](CCOC)(C2CCCC2)Cc2cccc(c2)C1. The highest BCUT2D eigenvalue weighted by atomic mass is 16.5. The van der Waals surface area contributed by atoms with Crippen LogP contribution in [0.4, 0.5) is 0 Å². The van der Waals surface area contributed by atoms with Crippen molar-refractivity contribution in [1.29, 1.82) is 0 Å². The number of carbonyl (C=O) groups is 1. The Bertz CT molecular complexity index is 1770. The van der Waals surface area contributed by atoms with Gasteiger partial charge in [-0.15, -0.1) is 0 Å². The van der Waals surface area contributed by atoms with E-state index in [9.17, 15) is 25.2 Å². The third-order valence-corrected chi connectivity index (χ3v) is 15.5. The van der Waals surface area contributed by atoms with Gasteiger partial charge in [0.05, 0.1) is 18.3 Å². The number of fused-ring (bicyclic) bond motifs is 5. The summed E-state index contributed by atoms with van der Waals surface area (Å²) in [6.07, 6.45) is 23.9. The second-order valence-electron chi connectivity index (χ2n) is 18.9. The van der Waals surface area contributed by atoms with E-state index in [1.54, 1.807) is 0 Å². The summed E-state index contributed by atoms with van der Waals surface area (Å²) in [4.78, 5) is 12.3. The summed E-state index contributed by atoms with van der Waals surface area (Å²) in [6, 6.07) is 9.14. The number of aliphatic hydroxyl groups is 4. The molecule has 6 rings (SSSR count). The fourth-order valence-electron chi connectivity index (χ4n) is 12.4. The van der Waals surface area contributed by atoms with E-state index in [0.29, 0.717) is 50.1 Å². The van der Waals surface area contributed by atoms with Gasteiger partial charge in [0, 0.05) is 49.7 Å². The van der Waals surface area contributed by atoms with Crippen LogP contribution in [-0.2, 0) is 22.4 Å². The molecule has 1 aliphatic heterocycles. The molecule has 324 valence electrons. The van der Waals surface area contributed by atoms with E-state index in [2.05, 4.69) is 72.7 Å². The van der Waals surface area contributed by atoms with Gasteiger partial charge < -0.3 is 35.8 Å². The lowest BCUT2D eigenvalue weighted by Crippen LogP contribution is -2.65. The smallest absolute Gasteiger partial charge is 0.145 e. The Balaban J connectivity index is 1.26. The van der Waals surface area contributed by atoms with Crippen molar-refractivity contribution >= 4 is 6.29 Å². The quantitative estimate of drug-likeness (QED) is 0.0478. The first kappa shape index (κ1) is 45.6. The lowest BCUT2D eigenvalue weighted by molar-refractivity contribution is -0.194. The van der Waals surface area contributed by atoms with Crippen LogP contribution in [0.15, 0.2) is 95.2 Å². The Labute approximate surface area is 354 Å². The number of methoxy groups -OCH3 is 1. The number of nitrogens with one attached hydrogen (secondary N) is 2. The highest BCUT2D eigenvalue weighted by Crippen LogP contribution is 2.67. The first-order valence-corrected chi connectivity index (χ1v) is 22.6. The minimum Gasteiger partial charge on any atom is -0.396 e. The summed E-state index contributed by atoms with van der Waals surface area (Å²) in [6.45, 7) is 10.6. The van der Waals surface area contributed by atoms with Crippen LogP contribution in [0.25, 0.3) is 0 Å². The van der Waals surface area contributed by atoms with Crippen molar-refractivity contribution in [3.8, 4) is 0 Å². The van der Waals surface area contributed by atoms with Gasteiger partial charge in [0.15, 0.2) is 0 Å². The maximum Gasteiger partial charge on any atom is 0.145 e. The first-order chi connectivity index (χ1) is 28.5. The number of allylic oxidation sites excluding steroid dienone is 9. The van der Waals surface area contributed by atoms with Gasteiger partial charge in [-0.25, -0.2) is 0 Å². The molecule has 4 aliphatic carbocycles. The first-order valence-electron chi connectivity index (χ1n) is 22.6. The molecule has 0 saturated heterocycles. The van der Waals surface area contributed by atoms with Gasteiger partial charge in [-0.05, 0) is 144 Å². The van der Waals surface area contributed by atoms with E-state index >= 15 is 0 Å². The lowest BCUT2D eigenvalue weighted by Gasteiger charge is -2.61. The normalized spacial score (nSPS) is 36.0. The van der Waals surface area contributed by atoms with Crippen LogP contribution in [-0.4, -0.2) is 91.0 Å². The number of hydrogen-bond acceptors (Lipinski definition) is 8. The van der Waals surface area contributed by atoms with E-state index in [-0.39, 0.29) is 48.3 Å². The van der Waals surface area contributed by atoms with Crippen molar-refractivity contribution in [1.82, 2.24) is 10.6 Å². The zero-order chi connectivity index (χ0) is 42.2. The van der Waals surface area contributed by atoms with E-state index in [1.165, 1.54) is 42.4 Å². The van der Waals surface area contributed by atoms with Crippen molar-refractivity contribution in [2.75, 3.05) is 47.1 Å². The van der Waals surface area contributed by atoms with Crippen LogP contribution in [0.2, 0.25) is 0 Å². The average molecular weight is 811 g/mol. The van der Waals surface area contributed by atoms with Crippen molar-refractivity contribution in [3.63, 3.8) is 0 Å². The topological polar surface area (TPSA) is 131 Å². The molecule has 0 aromatic heterocycles. The summed E-state index contributed by atoms with van der Waals surface area (Å²) in [5.41, 5.74) is 5.21. The summed E-state index contributed by atoms with van der Waals surface area (Å²) in [7, 11) is 3.68. The van der Waals surface area contributed by atoms with Crippen LogP contribution in [0.3, 0.4) is 0 Å². The van der Waals surface area contributed by atoms with Gasteiger partial charge in [0.1, 0.15) is 6.29 Å². The van der Waals surface area contributed by atoms with Gasteiger partial charge in [0.2, 0.25) is 0 Å². The van der Waals surface area contributed by atoms with E-state index in [0.717, 1.165) is 61.8 Å². The molecule has 1 spiro atoms. The molecule has 1 aromatic carbocycles. The van der Waals surface area contributed by atoms with Crippen molar-refractivity contribution in [2.45, 2.75) is 115 Å². The minimum atomic E-state index is -1.22. The highest BCUT2D eigenvalue weighted by Gasteiger charge is 2.68. The standard InChI is InChI=1S/C51H74N2O6/c1-35-16-17-41(29-38-11-9-12-39(28-38)30-49(53-32-35,24-27-59-5)44-14-6-7-15-44)36(2)10-8-13-43(34-56)45-20-22-51(48(45)57)47-40(21-26-54)18-19-42(46(47)37(3)33-55)31-50(51,58)23-25-52-4/h8-13,16,18-19,28,33,40-42,44-45,47-48,52-54,56-58H,2,6-7,14-15,17,20-27,29-32,34H2,1,3-5H3/b10-8+,35-16+,43-13-,46-37?/t40-,41+,42-,45-,47-,48+,49+,50+,51+/m0/s1. The molecule has 3 fully saturated rings. The number of hydrogen-bond donors (Lipinski definition) is 6. The summed E-state index contributed by atoms with van der Waals surface area (Å²) in [5, 5.41) is 53.8. The van der Waals surface area contributed by atoms with E-state index in [1.807, 2.05) is 33.2 Å². The second-order valence-corrected chi connectivity index (χ2v) is 18.9. The third-order valence-electron chi connectivity index (χ3n) is 15.5. The van der Waals surface area contributed by atoms with E-state index < -0.39 is 17.1 Å². The van der Waals surface area contributed by atoms with Crippen LogP contribution < -0.4 is 10.6 Å². The molecule has 1 aromatic rings. The van der Waals surface area contributed by atoms with Crippen molar-refractivity contribution < 1.29 is 30.0 Å². The van der Waals surface area contributed by atoms with E-state index in [4.69, 9.17) is 4.74 Å². The second kappa shape index (κ2) is 20.3. The predicted molar refractivity (Wildman–Crippen MR) is 238 cm³/mol. The molecular formula is C51H74N2O6. The third kappa shape index (κ3) is 9.45. The highest BCUT2D eigenvalue weighted by molar-refractivity contribution is 5.74. The zero-order valence-corrected chi connectivity index (χ0v) is 36.4. The Morgan fingerprint density at radius 3 is 2.61 bits per heavy atom. The average Bonchev–Trinajstić information content (AvgIpc) is 3.90. The number of rotatable bonds is 15. The largest absolute Gasteiger partial charge is 0.396 e. The zero-order valence-electron chi connectivity index (χ0n) is 36.4. The monoisotopic (exact) mass is 811 g/mol. The Morgan fingerprint density at radius 2 is 1.90 bits per heavy atom. The molecule has 0 radical (unpaired) electrons. The molecule has 8 heteroatoms. The predicted octanol–water partition coefficient (Wildman–Crippen LogP) is 7.14. The molecular weight excluding hydrogens is 737 g/mol. The van der Waals surface area contributed by atoms with Crippen LogP contribution in [0, 0.1) is 40.9 Å². The molecule has 8 nitrogen and oxygen atoms in total. The molecule has 0 amide bonds. The van der Waals surface area contributed by atoms with Gasteiger partial charge in [-0.3, -0.25) is 4.79 Å². The summed E-state index contributed by atoms with van der Waals surface area (Å²) in [5.74, 6) is -0.114. The maximum atomic E-state index is 12.8. The fourth-order valence-corrected chi connectivity index (χ4v) is 12.4. The molecule has 0 unspecified atom stereocenters. The lowest BCUT2D eigenvalue weighted by atomic mass is 9.45. The molecule has 59 heavy (non-hydrogen) atoms. The van der Waals surface area contributed by atoms with Crippen LogP contribution in [0.1, 0.15) is 95.6 Å². The molecule has 3 saturated carbocycles. The summed E-state index contributed by atoms with van der Waals surface area (Å²) >= 11 is 0. The summed E-state index contributed by atoms with van der Waals surface area (Å²) < 4.78 is 5.67. The number of aliphatic hydroxyl groups excluding tert-OH is 3. The number of ether oxygens (including phenoxy) is 1. The molecule has 6 N–H and O–H groups in total. The van der Waals surface area contributed by atoms with Gasteiger partial charge in [0.25, 0.3) is 0 Å². The van der Waals surface area contributed by atoms with Gasteiger partial charge in [-0.1, -0.05) is 96.9 Å². The fraction of sp³-hybridized carbons (Fsp3) is 0.627. The molecule has 5 aliphatic rings. The molecule has 4 bridgehead atoms. The Morgan fingerprint density at radius 1 is 1.12 bits per heavy atom. The van der Waals surface area contributed by atoms with Crippen LogP contribution in [0.5, 0.6) is 0 Å². The minimum absolute atomic E-state index is 0.00127. The molecule has 9 atom stereocenters.